The van der Waals surface area contributed by atoms with Gasteiger partial charge in [0.2, 0.25) is 5.88 Å². The summed E-state index contributed by atoms with van der Waals surface area (Å²) < 4.78 is 31.5. The van der Waals surface area contributed by atoms with E-state index < -0.39 is 16.1 Å². The van der Waals surface area contributed by atoms with Crippen LogP contribution in [-0.2, 0) is 21.4 Å². The number of nitrogens with one attached hydrogen (secondary N) is 2. The van der Waals surface area contributed by atoms with Gasteiger partial charge in [-0.25, -0.2) is 13.8 Å². The fraction of sp³-hybridized carbons (Fsp3) is 0.400. The second kappa shape index (κ2) is 7.30. The molecular weight excluding hydrogens is 364 g/mol. The summed E-state index contributed by atoms with van der Waals surface area (Å²) in [7, 11) is -3.96. The summed E-state index contributed by atoms with van der Waals surface area (Å²) in [4.78, 5) is 13.7. The molecule has 0 unspecified atom stereocenters. The predicted molar refractivity (Wildman–Crippen MR) is 92.8 cm³/mol. The van der Waals surface area contributed by atoms with Crippen molar-refractivity contribution < 1.29 is 28.2 Å². The Labute approximate surface area is 150 Å². The zero-order valence-corrected chi connectivity index (χ0v) is 14.7. The average Bonchev–Trinajstić information content (AvgIpc) is 2.88. The molecule has 1 fully saturated rings. The molecule has 2 heterocycles. The molecule has 0 spiro atoms. The Hall–Kier alpha value is -2.66. The van der Waals surface area contributed by atoms with Gasteiger partial charge in [-0.3, -0.25) is 0 Å². The van der Waals surface area contributed by atoms with Crippen molar-refractivity contribution in [3.63, 3.8) is 0 Å². The number of phenolic OH excluding ortho intramolecular Hbond substituents is 1. The second-order valence-electron chi connectivity index (χ2n) is 5.82. The first-order valence-corrected chi connectivity index (χ1v) is 9.46. The van der Waals surface area contributed by atoms with Gasteiger partial charge in [0.15, 0.2) is 0 Å². The van der Waals surface area contributed by atoms with Crippen LogP contribution in [0.5, 0.6) is 5.75 Å². The molecule has 10 nitrogen and oxygen atoms in total. The normalized spacial score (nSPS) is 19.0. The first-order chi connectivity index (χ1) is 12.4. The molecule has 0 saturated carbocycles. The fourth-order valence-electron chi connectivity index (χ4n) is 2.69. The summed E-state index contributed by atoms with van der Waals surface area (Å²) in [6.45, 7) is 2.54. The molecule has 1 aromatic carbocycles. The molecule has 0 atom stereocenters. The highest BCUT2D eigenvalue weighted by Gasteiger charge is 2.30. The van der Waals surface area contributed by atoms with Gasteiger partial charge in [-0.2, -0.15) is 8.42 Å². The number of nitrogens with zero attached hydrogens (tertiary/aromatic N) is 2. The van der Waals surface area contributed by atoms with Gasteiger partial charge in [0.1, 0.15) is 11.4 Å². The lowest BCUT2D eigenvalue weighted by Crippen LogP contribution is -2.46. The summed E-state index contributed by atoms with van der Waals surface area (Å²) >= 11 is 0. The van der Waals surface area contributed by atoms with E-state index in [1.165, 1.54) is 12.1 Å². The first-order valence-electron chi connectivity index (χ1n) is 8.02. The molecule has 0 aromatic heterocycles. The van der Waals surface area contributed by atoms with Crippen LogP contribution in [0.4, 0.5) is 10.5 Å². The number of aliphatic hydroxyl groups is 1. The molecule has 2 aliphatic rings. The van der Waals surface area contributed by atoms with E-state index in [4.69, 9.17) is 4.74 Å². The Morgan fingerprint density at radius 2 is 2.00 bits per heavy atom. The van der Waals surface area contributed by atoms with Crippen LogP contribution in [0.2, 0.25) is 0 Å². The fourth-order valence-corrected chi connectivity index (χ4v) is 3.76. The van der Waals surface area contributed by atoms with E-state index in [0.29, 0.717) is 39.3 Å². The summed E-state index contributed by atoms with van der Waals surface area (Å²) in [5, 5.41) is 22.2. The molecule has 26 heavy (non-hydrogen) atoms. The summed E-state index contributed by atoms with van der Waals surface area (Å²) in [6, 6.07) is 4.34. The van der Waals surface area contributed by atoms with Gasteiger partial charge in [-0.1, -0.05) is 6.07 Å². The number of rotatable bonds is 4. The van der Waals surface area contributed by atoms with Crippen LogP contribution in [0.25, 0.3) is 0 Å². The first kappa shape index (κ1) is 18.1. The molecule has 1 saturated heterocycles. The van der Waals surface area contributed by atoms with E-state index >= 15 is 0 Å². The molecule has 142 valence electrons. The van der Waals surface area contributed by atoms with Gasteiger partial charge in [0, 0.05) is 19.6 Å². The van der Waals surface area contributed by atoms with Crippen molar-refractivity contribution in [2.24, 2.45) is 0 Å². The molecule has 0 radical (unpaired) electrons. The largest absolute Gasteiger partial charge is 0.506 e. The molecule has 0 bridgehead atoms. The Kier molecular flexibility index (Phi) is 5.09. The summed E-state index contributed by atoms with van der Waals surface area (Å²) in [6.07, 6.45) is 1.43. The van der Waals surface area contributed by atoms with Crippen LogP contribution in [0, 0.1) is 0 Å². The summed E-state index contributed by atoms with van der Waals surface area (Å²) in [5.41, 5.74) is 0.744. The van der Waals surface area contributed by atoms with Crippen LogP contribution >= 0.6 is 0 Å². The highest BCUT2D eigenvalue weighted by Crippen LogP contribution is 2.32. The van der Waals surface area contributed by atoms with Crippen LogP contribution in [0.15, 0.2) is 30.3 Å². The van der Waals surface area contributed by atoms with Crippen LogP contribution in [-0.4, -0.2) is 62.4 Å². The van der Waals surface area contributed by atoms with Crippen molar-refractivity contribution in [3.05, 3.63) is 35.8 Å². The maximum atomic E-state index is 12.0. The molecule has 0 aliphatic carbocycles. The van der Waals surface area contributed by atoms with E-state index in [1.54, 1.807) is 11.0 Å². The SMILES string of the molecule is O=C(NCCc1ccc(N2C=C(O)NS2(=O)=O)c(O)c1)N1CCOCC1. The van der Waals surface area contributed by atoms with Crippen molar-refractivity contribution in [1.29, 1.82) is 0 Å². The quantitative estimate of drug-likeness (QED) is 0.577. The summed E-state index contributed by atoms with van der Waals surface area (Å²) in [5.74, 6) is -0.780. The van der Waals surface area contributed by atoms with Crippen molar-refractivity contribution in [2.75, 3.05) is 37.2 Å². The maximum absolute atomic E-state index is 12.0. The monoisotopic (exact) mass is 384 g/mol. The molecule has 3 rings (SSSR count). The number of ether oxygens (including phenoxy) is 1. The van der Waals surface area contributed by atoms with Crippen molar-refractivity contribution >= 4 is 21.9 Å². The second-order valence-corrected chi connectivity index (χ2v) is 7.37. The number of urea groups is 1. The molecule has 2 amide bonds. The number of morpholine rings is 1. The smallest absolute Gasteiger partial charge is 0.330 e. The zero-order chi connectivity index (χ0) is 18.7. The van der Waals surface area contributed by atoms with Crippen LogP contribution < -0.4 is 14.3 Å². The molecular formula is C15H20N4O6S. The molecule has 1 aromatic rings. The lowest BCUT2D eigenvalue weighted by Gasteiger charge is -2.26. The number of phenols is 1. The minimum Gasteiger partial charge on any atom is -0.506 e. The molecule has 11 heteroatoms. The van der Waals surface area contributed by atoms with E-state index in [9.17, 15) is 23.4 Å². The van der Waals surface area contributed by atoms with Gasteiger partial charge >= 0.3 is 16.2 Å². The number of benzene rings is 1. The van der Waals surface area contributed by atoms with Gasteiger partial charge in [0.25, 0.3) is 0 Å². The van der Waals surface area contributed by atoms with Crippen LogP contribution in [0.1, 0.15) is 5.56 Å². The number of hydrogen-bond donors (Lipinski definition) is 4. The zero-order valence-electron chi connectivity index (χ0n) is 13.9. The van der Waals surface area contributed by atoms with Gasteiger partial charge < -0.3 is 25.2 Å². The third-order valence-corrected chi connectivity index (χ3v) is 5.28. The molecule has 2 aliphatic heterocycles. The number of aliphatic hydroxyl groups excluding tert-OH is 1. The Balaban J connectivity index is 1.59. The van der Waals surface area contributed by atoms with E-state index in [0.717, 1.165) is 16.1 Å². The number of hydrogen-bond acceptors (Lipinski definition) is 6. The Morgan fingerprint density at radius 1 is 1.27 bits per heavy atom. The van der Waals surface area contributed by atoms with E-state index in [2.05, 4.69) is 5.32 Å². The predicted octanol–water partition coefficient (Wildman–Crippen LogP) is -0.0122. The number of anilines is 1. The van der Waals surface area contributed by atoms with Crippen molar-refractivity contribution in [2.45, 2.75) is 6.42 Å². The minimum absolute atomic E-state index is 0.0163. The average molecular weight is 384 g/mol. The van der Waals surface area contributed by atoms with E-state index in [-0.39, 0.29) is 17.5 Å². The number of carbonyl (C=O) groups is 1. The highest BCUT2D eigenvalue weighted by molar-refractivity contribution is 7.91. The maximum Gasteiger partial charge on any atom is 0.330 e. The van der Waals surface area contributed by atoms with Gasteiger partial charge in [0.05, 0.1) is 19.4 Å². The third-order valence-electron chi connectivity index (χ3n) is 4.00. The number of amides is 2. The Morgan fingerprint density at radius 3 is 2.62 bits per heavy atom. The van der Waals surface area contributed by atoms with Crippen molar-refractivity contribution in [3.8, 4) is 5.75 Å². The number of aromatic hydroxyl groups is 1. The lowest BCUT2D eigenvalue weighted by atomic mass is 10.1. The molecule has 4 N–H and O–H groups in total. The lowest BCUT2D eigenvalue weighted by molar-refractivity contribution is 0.0533. The Bertz CT molecular complexity index is 819. The minimum atomic E-state index is -3.96. The highest BCUT2D eigenvalue weighted by atomic mass is 32.2. The van der Waals surface area contributed by atoms with Gasteiger partial charge in [-0.05, 0) is 24.1 Å². The third kappa shape index (κ3) is 3.94. The topological polar surface area (TPSA) is 131 Å². The van der Waals surface area contributed by atoms with E-state index in [1.807, 2.05) is 4.72 Å². The van der Waals surface area contributed by atoms with Crippen LogP contribution in [0.3, 0.4) is 0 Å². The standard InChI is InChI=1S/C15H20N4O6S/c20-13-9-11(3-4-16-15(22)18-5-7-25-8-6-18)1-2-12(13)19-10-14(21)17-26(19,23)24/h1-2,9-10,17,20-21H,3-8H2,(H,16,22). The van der Waals surface area contributed by atoms with Crippen molar-refractivity contribution in [1.82, 2.24) is 14.9 Å². The van der Waals surface area contributed by atoms with Gasteiger partial charge in [-0.15, -0.1) is 0 Å². The number of carbonyl (C=O) groups excluding carboxylic acids is 1.